The van der Waals surface area contributed by atoms with Gasteiger partial charge in [0.2, 0.25) is 0 Å². The molecule has 0 unspecified atom stereocenters. The van der Waals surface area contributed by atoms with E-state index in [-0.39, 0.29) is 11.5 Å². The van der Waals surface area contributed by atoms with Crippen molar-refractivity contribution in [1.82, 2.24) is 0 Å². The molecule has 0 spiro atoms. The van der Waals surface area contributed by atoms with Crippen molar-refractivity contribution in [3.05, 3.63) is 59.9 Å². The highest BCUT2D eigenvalue weighted by atomic mass is 19.1. The number of nitrogens with zero attached hydrogens (tertiary/aromatic N) is 1. The molecule has 2 N–H and O–H groups in total. The Morgan fingerprint density at radius 2 is 1.63 bits per heavy atom. The molecule has 19 heavy (non-hydrogen) atoms. The van der Waals surface area contributed by atoms with Gasteiger partial charge in [-0.25, -0.2) is 4.39 Å². The molecule has 0 bridgehead atoms. The summed E-state index contributed by atoms with van der Waals surface area (Å²) in [7, 11) is 3.94. The molecule has 0 amide bonds. The SMILES string of the molecule is CN(C)c1ccc(C=O)cc1.Nc1ccccc1F. The first-order valence-electron chi connectivity index (χ1n) is 5.77. The number of carbonyl (C=O) groups excluding carboxylic acids is 1. The third kappa shape index (κ3) is 4.79. The smallest absolute Gasteiger partial charge is 0.150 e. The fraction of sp³-hybridized carbons (Fsp3) is 0.133. The zero-order chi connectivity index (χ0) is 14.3. The minimum Gasteiger partial charge on any atom is -0.396 e. The van der Waals surface area contributed by atoms with Gasteiger partial charge in [0, 0.05) is 25.3 Å². The molecule has 0 atom stereocenters. The number of carbonyl (C=O) groups is 1. The minimum atomic E-state index is -0.354. The monoisotopic (exact) mass is 260 g/mol. The molecule has 0 aliphatic carbocycles. The number of para-hydroxylation sites is 1. The molecule has 0 radical (unpaired) electrons. The molecule has 0 saturated heterocycles. The molecule has 100 valence electrons. The van der Waals surface area contributed by atoms with Gasteiger partial charge in [-0.05, 0) is 36.4 Å². The van der Waals surface area contributed by atoms with Crippen LogP contribution in [0.15, 0.2) is 48.5 Å². The molecule has 3 nitrogen and oxygen atoms in total. The Kier molecular flexibility index (Phi) is 5.54. The summed E-state index contributed by atoms with van der Waals surface area (Å²) < 4.78 is 12.2. The minimum absolute atomic E-state index is 0.201. The molecule has 2 aromatic carbocycles. The number of rotatable bonds is 2. The summed E-state index contributed by atoms with van der Waals surface area (Å²) in [4.78, 5) is 12.3. The summed E-state index contributed by atoms with van der Waals surface area (Å²) in [5.74, 6) is -0.354. The van der Waals surface area contributed by atoms with E-state index in [0.29, 0.717) is 0 Å². The van der Waals surface area contributed by atoms with Crippen molar-refractivity contribution in [3.63, 3.8) is 0 Å². The van der Waals surface area contributed by atoms with Crippen molar-refractivity contribution in [1.29, 1.82) is 0 Å². The molecular formula is C15H17FN2O. The molecule has 0 aliphatic rings. The van der Waals surface area contributed by atoms with Crippen molar-refractivity contribution in [2.45, 2.75) is 0 Å². The summed E-state index contributed by atoms with van der Waals surface area (Å²) >= 11 is 0. The van der Waals surface area contributed by atoms with Crippen molar-refractivity contribution < 1.29 is 9.18 Å². The molecule has 2 aromatic rings. The van der Waals surface area contributed by atoms with Crippen LogP contribution in [0, 0.1) is 5.82 Å². The number of nitrogen functional groups attached to an aromatic ring is 1. The van der Waals surface area contributed by atoms with Crippen LogP contribution in [0.1, 0.15) is 10.4 Å². The quantitative estimate of drug-likeness (QED) is 0.667. The first-order valence-corrected chi connectivity index (χ1v) is 5.77. The van der Waals surface area contributed by atoms with E-state index in [2.05, 4.69) is 0 Å². The van der Waals surface area contributed by atoms with Crippen molar-refractivity contribution in [3.8, 4) is 0 Å². The summed E-state index contributed by atoms with van der Waals surface area (Å²) in [6.07, 6.45) is 0.847. The second kappa shape index (κ2) is 7.16. The number of hydrogen-bond donors (Lipinski definition) is 1. The van der Waals surface area contributed by atoms with E-state index in [1.54, 1.807) is 12.1 Å². The maximum absolute atomic E-state index is 12.2. The average molecular weight is 260 g/mol. The Morgan fingerprint density at radius 3 is 2.00 bits per heavy atom. The van der Waals surface area contributed by atoms with Gasteiger partial charge in [0.05, 0.1) is 5.69 Å². The van der Waals surface area contributed by atoms with Crippen LogP contribution in [-0.2, 0) is 0 Å². The van der Waals surface area contributed by atoms with E-state index in [0.717, 1.165) is 17.5 Å². The summed E-state index contributed by atoms with van der Waals surface area (Å²) in [5.41, 5.74) is 7.17. The van der Waals surface area contributed by atoms with Crippen molar-refractivity contribution >= 4 is 17.7 Å². The van der Waals surface area contributed by atoms with Crippen LogP contribution in [0.3, 0.4) is 0 Å². The number of hydrogen-bond acceptors (Lipinski definition) is 3. The van der Waals surface area contributed by atoms with E-state index >= 15 is 0 Å². The van der Waals surface area contributed by atoms with Crippen LogP contribution >= 0.6 is 0 Å². The molecule has 0 fully saturated rings. The van der Waals surface area contributed by atoms with E-state index in [1.165, 1.54) is 12.1 Å². The van der Waals surface area contributed by atoms with Crippen LogP contribution < -0.4 is 10.6 Å². The van der Waals surface area contributed by atoms with Gasteiger partial charge in [0.25, 0.3) is 0 Å². The topological polar surface area (TPSA) is 46.3 Å². The zero-order valence-corrected chi connectivity index (χ0v) is 11.0. The average Bonchev–Trinajstić information content (AvgIpc) is 2.43. The van der Waals surface area contributed by atoms with E-state index in [4.69, 9.17) is 5.73 Å². The van der Waals surface area contributed by atoms with Gasteiger partial charge < -0.3 is 10.6 Å². The lowest BCUT2D eigenvalue weighted by atomic mass is 10.2. The highest BCUT2D eigenvalue weighted by Gasteiger charge is 1.93. The largest absolute Gasteiger partial charge is 0.396 e. The summed E-state index contributed by atoms with van der Waals surface area (Å²) in [5, 5.41) is 0. The highest BCUT2D eigenvalue weighted by molar-refractivity contribution is 5.75. The molecule has 0 aliphatic heterocycles. The lowest BCUT2D eigenvalue weighted by molar-refractivity contribution is 0.112. The third-order valence-corrected chi connectivity index (χ3v) is 2.45. The lowest BCUT2D eigenvalue weighted by Gasteiger charge is -2.11. The van der Waals surface area contributed by atoms with Gasteiger partial charge in [-0.3, -0.25) is 4.79 Å². The second-order valence-corrected chi connectivity index (χ2v) is 4.13. The third-order valence-electron chi connectivity index (χ3n) is 2.45. The first kappa shape index (κ1) is 14.7. The van der Waals surface area contributed by atoms with E-state index < -0.39 is 0 Å². The van der Waals surface area contributed by atoms with Crippen molar-refractivity contribution in [2.24, 2.45) is 0 Å². The van der Waals surface area contributed by atoms with Crippen LogP contribution in [0.4, 0.5) is 15.8 Å². The van der Waals surface area contributed by atoms with Crippen LogP contribution in [0.2, 0.25) is 0 Å². The summed E-state index contributed by atoms with van der Waals surface area (Å²) in [6, 6.07) is 13.6. The standard InChI is InChI=1S/C9H11NO.C6H6FN/c1-10(2)9-5-3-8(7-11)4-6-9;7-5-3-1-2-4-6(5)8/h3-7H,1-2H3;1-4H,8H2. The summed E-state index contributed by atoms with van der Waals surface area (Å²) in [6.45, 7) is 0. The maximum Gasteiger partial charge on any atom is 0.150 e. The number of benzene rings is 2. The number of anilines is 2. The van der Waals surface area contributed by atoms with E-state index in [9.17, 15) is 9.18 Å². The van der Waals surface area contributed by atoms with Gasteiger partial charge in [-0.15, -0.1) is 0 Å². The first-order chi connectivity index (χ1) is 9.04. The Balaban J connectivity index is 0.000000200. The van der Waals surface area contributed by atoms with Gasteiger partial charge in [0.1, 0.15) is 12.1 Å². The van der Waals surface area contributed by atoms with Gasteiger partial charge in [0.15, 0.2) is 0 Å². The number of nitrogens with two attached hydrogens (primary N) is 1. The number of aldehydes is 1. The highest BCUT2D eigenvalue weighted by Crippen LogP contribution is 2.10. The predicted molar refractivity (Wildman–Crippen MR) is 77.0 cm³/mol. The van der Waals surface area contributed by atoms with Gasteiger partial charge in [-0.1, -0.05) is 12.1 Å². The molecule has 0 heterocycles. The fourth-order valence-electron chi connectivity index (χ4n) is 1.33. The molecule has 0 aromatic heterocycles. The van der Waals surface area contributed by atoms with Crippen molar-refractivity contribution in [2.75, 3.05) is 24.7 Å². The lowest BCUT2D eigenvalue weighted by Crippen LogP contribution is -2.08. The van der Waals surface area contributed by atoms with Crippen LogP contribution in [-0.4, -0.2) is 20.4 Å². The maximum atomic E-state index is 12.2. The van der Waals surface area contributed by atoms with Crippen LogP contribution in [0.25, 0.3) is 0 Å². The Hall–Kier alpha value is -2.36. The van der Waals surface area contributed by atoms with E-state index in [1.807, 2.05) is 43.3 Å². The molecule has 0 saturated carbocycles. The normalized spacial score (nSPS) is 9.21. The van der Waals surface area contributed by atoms with Gasteiger partial charge >= 0.3 is 0 Å². The number of halogens is 1. The van der Waals surface area contributed by atoms with Gasteiger partial charge in [-0.2, -0.15) is 0 Å². The Labute approximate surface area is 112 Å². The molecular weight excluding hydrogens is 243 g/mol. The second-order valence-electron chi connectivity index (χ2n) is 4.13. The molecule has 4 heteroatoms. The fourth-order valence-corrected chi connectivity index (χ4v) is 1.33. The van der Waals surface area contributed by atoms with Crippen LogP contribution in [0.5, 0.6) is 0 Å². The Morgan fingerprint density at radius 1 is 1.05 bits per heavy atom. The molecule has 2 rings (SSSR count). The zero-order valence-electron chi connectivity index (χ0n) is 11.0. The Bertz CT molecular complexity index is 503. The predicted octanol–water partition coefficient (Wildman–Crippen LogP) is 2.97.